The van der Waals surface area contributed by atoms with Gasteiger partial charge in [0, 0.05) is 31.5 Å². The zero-order valence-electron chi connectivity index (χ0n) is 10.5. The first-order chi connectivity index (χ1) is 8.72. The lowest BCUT2D eigenvalue weighted by Crippen LogP contribution is -1.98. The first-order valence-electron chi connectivity index (χ1n) is 5.66. The molecule has 0 saturated carbocycles. The molecule has 0 aliphatic heterocycles. The Hall–Kier alpha value is -2.41. The highest BCUT2D eigenvalue weighted by Gasteiger charge is 2.02. The van der Waals surface area contributed by atoms with Gasteiger partial charge in [-0.3, -0.25) is 0 Å². The number of anilines is 1. The zero-order valence-corrected chi connectivity index (χ0v) is 10.5. The molecular weight excluding hydrogens is 226 g/mol. The van der Waals surface area contributed by atoms with Gasteiger partial charge < -0.3 is 14.6 Å². The van der Waals surface area contributed by atoms with Gasteiger partial charge in [0.25, 0.3) is 0 Å². The Morgan fingerprint density at radius 2 is 2.22 bits per heavy atom. The molecule has 0 fully saturated rings. The van der Waals surface area contributed by atoms with Crippen LogP contribution < -0.4 is 10.1 Å². The number of nitrogens with zero attached hydrogens (tertiary/aromatic N) is 2. The topological polar surface area (TPSA) is 50.0 Å². The molecule has 92 valence electrons. The van der Waals surface area contributed by atoms with E-state index in [0.29, 0.717) is 12.2 Å². The van der Waals surface area contributed by atoms with Crippen molar-refractivity contribution in [3.05, 3.63) is 47.8 Å². The van der Waals surface area contributed by atoms with Crippen molar-refractivity contribution in [3.8, 4) is 11.8 Å². The number of benzene rings is 1. The quantitative estimate of drug-likeness (QED) is 0.894. The maximum atomic E-state index is 8.88. The molecular formula is C14H15N3O. The van der Waals surface area contributed by atoms with Crippen molar-refractivity contribution in [2.75, 3.05) is 12.4 Å². The molecule has 1 heterocycles. The van der Waals surface area contributed by atoms with Crippen LogP contribution in [0.4, 0.5) is 5.69 Å². The molecule has 0 atom stereocenters. The van der Waals surface area contributed by atoms with Crippen LogP contribution in [0.3, 0.4) is 0 Å². The smallest absolute Gasteiger partial charge is 0.120 e. The fourth-order valence-electron chi connectivity index (χ4n) is 1.78. The summed E-state index contributed by atoms with van der Waals surface area (Å²) in [5, 5.41) is 12.2. The highest BCUT2D eigenvalue weighted by molar-refractivity contribution is 5.48. The molecule has 4 nitrogen and oxygen atoms in total. The summed E-state index contributed by atoms with van der Waals surface area (Å²) < 4.78 is 6.98. The molecule has 4 heteroatoms. The van der Waals surface area contributed by atoms with Gasteiger partial charge in [0.05, 0.1) is 7.11 Å². The summed E-state index contributed by atoms with van der Waals surface area (Å²) in [7, 11) is 3.52. The fraction of sp³-hybridized carbons (Fsp3) is 0.214. The van der Waals surface area contributed by atoms with Crippen molar-refractivity contribution < 1.29 is 4.74 Å². The van der Waals surface area contributed by atoms with Crippen LogP contribution in [0.1, 0.15) is 11.3 Å². The van der Waals surface area contributed by atoms with E-state index in [2.05, 4.69) is 11.4 Å². The second kappa shape index (κ2) is 5.28. The van der Waals surface area contributed by atoms with Gasteiger partial charge in [-0.1, -0.05) is 6.07 Å². The molecule has 0 radical (unpaired) electrons. The standard InChI is InChI=1S/C14H15N3O/c1-17-10-11(6-13(17)8-15)9-16-12-4-3-5-14(7-12)18-2/h3-7,10,16H,9H2,1-2H3. The summed E-state index contributed by atoms with van der Waals surface area (Å²) in [6, 6.07) is 11.8. The Kier molecular flexibility index (Phi) is 3.54. The van der Waals surface area contributed by atoms with Crippen molar-refractivity contribution >= 4 is 5.69 Å². The Bertz CT molecular complexity index is 581. The van der Waals surface area contributed by atoms with Crippen LogP contribution in [0.2, 0.25) is 0 Å². The lowest BCUT2D eigenvalue weighted by Gasteiger charge is -2.06. The summed E-state index contributed by atoms with van der Waals surface area (Å²) in [5.41, 5.74) is 2.74. The Morgan fingerprint density at radius 3 is 2.89 bits per heavy atom. The minimum Gasteiger partial charge on any atom is -0.497 e. The van der Waals surface area contributed by atoms with E-state index >= 15 is 0 Å². The normalized spacial score (nSPS) is 9.83. The van der Waals surface area contributed by atoms with E-state index in [9.17, 15) is 0 Å². The SMILES string of the molecule is COc1cccc(NCc2cc(C#N)n(C)c2)c1. The molecule has 2 aromatic rings. The Labute approximate surface area is 106 Å². The highest BCUT2D eigenvalue weighted by Crippen LogP contribution is 2.17. The number of aromatic nitrogens is 1. The number of methoxy groups -OCH3 is 1. The molecule has 0 aliphatic rings. The molecule has 0 saturated heterocycles. The van der Waals surface area contributed by atoms with E-state index in [4.69, 9.17) is 10.00 Å². The second-order valence-corrected chi connectivity index (χ2v) is 4.04. The molecule has 0 spiro atoms. The van der Waals surface area contributed by atoms with E-state index < -0.39 is 0 Å². The number of hydrogen-bond donors (Lipinski definition) is 1. The predicted molar refractivity (Wildman–Crippen MR) is 70.4 cm³/mol. The van der Waals surface area contributed by atoms with Gasteiger partial charge >= 0.3 is 0 Å². The van der Waals surface area contributed by atoms with Gasteiger partial charge in [-0.05, 0) is 23.8 Å². The minimum atomic E-state index is 0.664. The van der Waals surface area contributed by atoms with Gasteiger partial charge in [0.1, 0.15) is 17.5 Å². The molecule has 0 amide bonds. The molecule has 18 heavy (non-hydrogen) atoms. The van der Waals surface area contributed by atoms with Gasteiger partial charge in [0.15, 0.2) is 0 Å². The van der Waals surface area contributed by atoms with Crippen molar-refractivity contribution in [2.24, 2.45) is 7.05 Å². The van der Waals surface area contributed by atoms with Crippen LogP contribution in [0.15, 0.2) is 36.5 Å². The Balaban J connectivity index is 2.04. The number of nitriles is 1. The summed E-state index contributed by atoms with van der Waals surface area (Å²) in [5.74, 6) is 0.825. The molecule has 1 aromatic carbocycles. The van der Waals surface area contributed by atoms with E-state index in [1.165, 1.54) is 0 Å². The third-order valence-electron chi connectivity index (χ3n) is 2.74. The average molecular weight is 241 g/mol. The first-order valence-corrected chi connectivity index (χ1v) is 5.66. The summed E-state index contributed by atoms with van der Waals surface area (Å²) in [6.45, 7) is 0.683. The van der Waals surface area contributed by atoms with E-state index in [1.807, 2.05) is 48.1 Å². The summed E-state index contributed by atoms with van der Waals surface area (Å²) >= 11 is 0. The van der Waals surface area contributed by atoms with Crippen LogP contribution >= 0.6 is 0 Å². The van der Waals surface area contributed by atoms with E-state index in [0.717, 1.165) is 17.0 Å². The lowest BCUT2D eigenvalue weighted by molar-refractivity contribution is 0.415. The monoisotopic (exact) mass is 241 g/mol. The number of nitrogens with one attached hydrogen (secondary N) is 1. The summed E-state index contributed by atoms with van der Waals surface area (Å²) in [4.78, 5) is 0. The third-order valence-corrected chi connectivity index (χ3v) is 2.74. The van der Waals surface area contributed by atoms with Crippen molar-refractivity contribution in [3.63, 3.8) is 0 Å². The van der Waals surface area contributed by atoms with E-state index in [1.54, 1.807) is 7.11 Å². The lowest BCUT2D eigenvalue weighted by atomic mass is 10.2. The maximum Gasteiger partial charge on any atom is 0.120 e. The summed E-state index contributed by atoms with van der Waals surface area (Å²) in [6.07, 6.45) is 1.95. The number of ether oxygens (including phenoxy) is 1. The second-order valence-electron chi connectivity index (χ2n) is 4.04. The first kappa shape index (κ1) is 12.1. The molecule has 2 rings (SSSR count). The van der Waals surface area contributed by atoms with Gasteiger partial charge in [-0.2, -0.15) is 5.26 Å². The molecule has 0 aliphatic carbocycles. The van der Waals surface area contributed by atoms with Crippen LogP contribution in [-0.4, -0.2) is 11.7 Å². The average Bonchev–Trinajstić information content (AvgIpc) is 2.77. The number of hydrogen-bond acceptors (Lipinski definition) is 3. The Morgan fingerprint density at radius 1 is 1.39 bits per heavy atom. The van der Waals surface area contributed by atoms with Gasteiger partial charge in [-0.15, -0.1) is 0 Å². The highest BCUT2D eigenvalue weighted by atomic mass is 16.5. The van der Waals surface area contributed by atoms with Crippen LogP contribution in [0, 0.1) is 11.3 Å². The van der Waals surface area contributed by atoms with Crippen molar-refractivity contribution in [1.29, 1.82) is 5.26 Å². The van der Waals surface area contributed by atoms with Crippen LogP contribution in [-0.2, 0) is 13.6 Å². The molecule has 0 unspecified atom stereocenters. The van der Waals surface area contributed by atoms with Crippen LogP contribution in [0.5, 0.6) is 5.75 Å². The van der Waals surface area contributed by atoms with Crippen molar-refractivity contribution in [2.45, 2.75) is 6.54 Å². The van der Waals surface area contributed by atoms with E-state index in [-0.39, 0.29) is 0 Å². The van der Waals surface area contributed by atoms with Crippen LogP contribution in [0.25, 0.3) is 0 Å². The largest absolute Gasteiger partial charge is 0.497 e. The fourth-order valence-corrected chi connectivity index (χ4v) is 1.78. The zero-order chi connectivity index (χ0) is 13.0. The molecule has 0 bridgehead atoms. The number of rotatable bonds is 4. The van der Waals surface area contributed by atoms with Gasteiger partial charge in [-0.25, -0.2) is 0 Å². The maximum absolute atomic E-state index is 8.88. The van der Waals surface area contributed by atoms with Gasteiger partial charge in [0.2, 0.25) is 0 Å². The molecule has 1 N–H and O–H groups in total. The third kappa shape index (κ3) is 2.64. The minimum absolute atomic E-state index is 0.664. The molecule has 1 aromatic heterocycles. The number of aryl methyl sites for hydroxylation is 1. The van der Waals surface area contributed by atoms with Crippen molar-refractivity contribution in [1.82, 2.24) is 4.57 Å². The predicted octanol–water partition coefficient (Wildman–Crippen LogP) is 2.52.